The number of carbonyl (C=O) groups excluding carboxylic acids is 1. The number of benzene rings is 1. The lowest BCUT2D eigenvalue weighted by molar-refractivity contribution is 0.209. The number of hydrogen-bond acceptors (Lipinski definition) is 2. The van der Waals surface area contributed by atoms with Crippen molar-refractivity contribution in [3.05, 3.63) is 28.2 Å². The van der Waals surface area contributed by atoms with Gasteiger partial charge in [-0.05, 0) is 24.6 Å². The lowest BCUT2D eigenvalue weighted by Crippen LogP contribution is -2.33. The van der Waals surface area contributed by atoms with E-state index in [9.17, 15) is 4.79 Å². The number of nitrogens with one attached hydrogen (secondary N) is 1. The number of urea groups is 1. The van der Waals surface area contributed by atoms with E-state index in [2.05, 4.69) is 5.32 Å². The van der Waals surface area contributed by atoms with Crippen molar-refractivity contribution in [2.45, 2.75) is 6.42 Å². The number of aliphatic hydroxyl groups is 1. The third kappa shape index (κ3) is 3.07. The molecule has 1 heterocycles. The van der Waals surface area contributed by atoms with E-state index in [4.69, 9.17) is 28.3 Å². The zero-order chi connectivity index (χ0) is 13.1. The van der Waals surface area contributed by atoms with Crippen LogP contribution in [0.4, 0.5) is 10.5 Å². The molecule has 0 spiro atoms. The average molecular weight is 289 g/mol. The fourth-order valence-electron chi connectivity index (χ4n) is 1.95. The van der Waals surface area contributed by atoms with Crippen LogP contribution in [0.15, 0.2) is 18.2 Å². The first kappa shape index (κ1) is 13.5. The largest absolute Gasteiger partial charge is 0.396 e. The fraction of sp³-hybridized carbons (Fsp3) is 0.417. The van der Waals surface area contributed by atoms with Gasteiger partial charge in [-0.15, -0.1) is 0 Å². The van der Waals surface area contributed by atoms with Gasteiger partial charge in [0.1, 0.15) is 0 Å². The molecule has 4 nitrogen and oxygen atoms in total. The van der Waals surface area contributed by atoms with Crippen LogP contribution in [0, 0.1) is 5.92 Å². The molecule has 0 saturated carbocycles. The Labute approximate surface area is 115 Å². The second-order valence-electron chi connectivity index (χ2n) is 4.34. The number of halogens is 2. The molecule has 1 aliphatic rings. The van der Waals surface area contributed by atoms with E-state index < -0.39 is 0 Å². The summed E-state index contributed by atoms with van der Waals surface area (Å²) in [5.41, 5.74) is 0.540. The van der Waals surface area contributed by atoms with Crippen molar-refractivity contribution in [3.63, 3.8) is 0 Å². The molecule has 1 atom stereocenters. The lowest BCUT2D eigenvalue weighted by atomic mass is 10.1. The molecule has 0 aliphatic carbocycles. The standard InChI is InChI=1S/C12H14Cl2N2O2/c13-9-1-2-11(10(14)5-9)15-12(18)16-4-3-8(6-16)7-17/h1-2,5,8,17H,3-4,6-7H2,(H,15,18). The predicted octanol–water partition coefficient (Wildman–Crippen LogP) is 2.84. The minimum Gasteiger partial charge on any atom is -0.396 e. The van der Waals surface area contributed by atoms with Crippen LogP contribution in [0.5, 0.6) is 0 Å². The van der Waals surface area contributed by atoms with E-state index in [0.717, 1.165) is 6.42 Å². The lowest BCUT2D eigenvalue weighted by Gasteiger charge is -2.17. The number of carbonyl (C=O) groups is 1. The van der Waals surface area contributed by atoms with E-state index in [1.54, 1.807) is 23.1 Å². The minimum atomic E-state index is -0.199. The molecule has 1 fully saturated rings. The summed E-state index contributed by atoms with van der Waals surface area (Å²) in [6.07, 6.45) is 0.832. The monoisotopic (exact) mass is 288 g/mol. The van der Waals surface area contributed by atoms with Gasteiger partial charge in [-0.25, -0.2) is 4.79 Å². The van der Waals surface area contributed by atoms with Gasteiger partial charge in [0.05, 0.1) is 10.7 Å². The molecule has 2 rings (SSSR count). The van der Waals surface area contributed by atoms with Gasteiger partial charge in [-0.3, -0.25) is 0 Å². The van der Waals surface area contributed by atoms with Crippen molar-refractivity contribution in [1.82, 2.24) is 4.90 Å². The Bertz CT molecular complexity index is 454. The Balaban J connectivity index is 1.99. The highest BCUT2D eigenvalue weighted by molar-refractivity contribution is 6.36. The van der Waals surface area contributed by atoms with E-state index in [0.29, 0.717) is 28.8 Å². The van der Waals surface area contributed by atoms with Crippen LogP contribution in [-0.4, -0.2) is 35.7 Å². The van der Waals surface area contributed by atoms with Crippen LogP contribution in [0.1, 0.15) is 6.42 Å². The smallest absolute Gasteiger partial charge is 0.321 e. The minimum absolute atomic E-state index is 0.117. The molecule has 98 valence electrons. The van der Waals surface area contributed by atoms with Gasteiger partial charge in [0, 0.05) is 30.6 Å². The first-order valence-corrected chi connectivity index (χ1v) is 6.47. The number of nitrogens with zero attached hydrogens (tertiary/aromatic N) is 1. The van der Waals surface area contributed by atoms with E-state index in [1.165, 1.54) is 0 Å². The summed E-state index contributed by atoms with van der Waals surface area (Å²) in [5.74, 6) is 0.177. The summed E-state index contributed by atoms with van der Waals surface area (Å²) in [5, 5.41) is 12.7. The molecule has 1 aliphatic heterocycles. The van der Waals surface area contributed by atoms with Crippen LogP contribution >= 0.6 is 23.2 Å². The number of aliphatic hydroxyl groups excluding tert-OH is 1. The molecule has 2 N–H and O–H groups in total. The molecular weight excluding hydrogens is 275 g/mol. The van der Waals surface area contributed by atoms with Crippen molar-refractivity contribution in [1.29, 1.82) is 0 Å². The summed E-state index contributed by atoms with van der Waals surface area (Å²) >= 11 is 11.8. The number of rotatable bonds is 2. The molecule has 6 heteroatoms. The highest BCUT2D eigenvalue weighted by Crippen LogP contribution is 2.26. The van der Waals surface area contributed by atoms with Gasteiger partial charge in [0.15, 0.2) is 0 Å². The van der Waals surface area contributed by atoms with Crippen LogP contribution in [-0.2, 0) is 0 Å². The van der Waals surface area contributed by atoms with Crippen LogP contribution in [0.3, 0.4) is 0 Å². The molecule has 1 unspecified atom stereocenters. The maximum Gasteiger partial charge on any atom is 0.321 e. The third-order valence-electron chi connectivity index (χ3n) is 3.00. The first-order chi connectivity index (χ1) is 8.60. The second-order valence-corrected chi connectivity index (χ2v) is 5.18. The van der Waals surface area contributed by atoms with Gasteiger partial charge in [-0.1, -0.05) is 23.2 Å². The van der Waals surface area contributed by atoms with Gasteiger partial charge in [0.2, 0.25) is 0 Å². The van der Waals surface area contributed by atoms with Crippen molar-refractivity contribution in [3.8, 4) is 0 Å². The molecule has 0 radical (unpaired) electrons. The van der Waals surface area contributed by atoms with Gasteiger partial charge >= 0.3 is 6.03 Å². The fourth-order valence-corrected chi connectivity index (χ4v) is 2.41. The van der Waals surface area contributed by atoms with Crippen molar-refractivity contribution >= 4 is 34.9 Å². The van der Waals surface area contributed by atoms with Crippen molar-refractivity contribution in [2.24, 2.45) is 5.92 Å². The second kappa shape index (κ2) is 5.78. The number of hydrogen-bond donors (Lipinski definition) is 2. The van der Waals surface area contributed by atoms with Crippen LogP contribution < -0.4 is 5.32 Å². The highest BCUT2D eigenvalue weighted by Gasteiger charge is 2.25. The normalized spacial score (nSPS) is 19.1. The SMILES string of the molecule is O=C(Nc1ccc(Cl)cc1Cl)N1CCC(CO)C1. The summed E-state index contributed by atoms with van der Waals surface area (Å²) in [6, 6.07) is 4.72. The maximum atomic E-state index is 12.0. The van der Waals surface area contributed by atoms with Crippen molar-refractivity contribution in [2.75, 3.05) is 25.0 Å². The van der Waals surface area contributed by atoms with E-state index >= 15 is 0 Å². The number of likely N-dealkylation sites (tertiary alicyclic amines) is 1. The van der Waals surface area contributed by atoms with Gasteiger partial charge in [0.25, 0.3) is 0 Å². The van der Waals surface area contributed by atoms with Crippen LogP contribution in [0.25, 0.3) is 0 Å². The first-order valence-electron chi connectivity index (χ1n) is 5.72. The quantitative estimate of drug-likeness (QED) is 0.879. The van der Waals surface area contributed by atoms with E-state index in [-0.39, 0.29) is 18.6 Å². The topological polar surface area (TPSA) is 52.6 Å². The summed E-state index contributed by atoms with van der Waals surface area (Å²) in [7, 11) is 0. The Morgan fingerprint density at radius 3 is 2.89 bits per heavy atom. The number of amides is 2. The van der Waals surface area contributed by atoms with E-state index in [1.807, 2.05) is 0 Å². The molecule has 1 aromatic rings. The van der Waals surface area contributed by atoms with Crippen molar-refractivity contribution < 1.29 is 9.90 Å². The molecule has 0 aromatic heterocycles. The summed E-state index contributed by atoms with van der Waals surface area (Å²) in [6.45, 7) is 1.35. The van der Waals surface area contributed by atoms with Gasteiger partial charge in [-0.2, -0.15) is 0 Å². The molecule has 2 amide bonds. The number of anilines is 1. The Hall–Kier alpha value is -0.970. The molecule has 1 aromatic carbocycles. The Kier molecular flexibility index (Phi) is 4.32. The third-order valence-corrected chi connectivity index (χ3v) is 3.55. The average Bonchev–Trinajstić information content (AvgIpc) is 2.81. The maximum absolute atomic E-state index is 12.0. The Morgan fingerprint density at radius 2 is 2.28 bits per heavy atom. The molecule has 0 bridgehead atoms. The molecule has 1 saturated heterocycles. The van der Waals surface area contributed by atoms with Gasteiger partial charge < -0.3 is 15.3 Å². The summed E-state index contributed by atoms with van der Waals surface area (Å²) < 4.78 is 0. The zero-order valence-electron chi connectivity index (χ0n) is 9.70. The molecular formula is C12H14Cl2N2O2. The molecule has 18 heavy (non-hydrogen) atoms. The Morgan fingerprint density at radius 1 is 1.50 bits per heavy atom. The zero-order valence-corrected chi connectivity index (χ0v) is 11.2. The predicted molar refractivity (Wildman–Crippen MR) is 72.2 cm³/mol. The highest BCUT2D eigenvalue weighted by atomic mass is 35.5. The summed E-state index contributed by atoms with van der Waals surface area (Å²) in [4.78, 5) is 13.6. The van der Waals surface area contributed by atoms with Crippen LogP contribution in [0.2, 0.25) is 10.0 Å².